The van der Waals surface area contributed by atoms with Crippen LogP contribution in [0.25, 0.3) is 17.1 Å². The third-order valence-corrected chi connectivity index (χ3v) is 4.88. The fourth-order valence-corrected chi connectivity index (χ4v) is 3.38. The second kappa shape index (κ2) is 8.22. The average Bonchev–Trinajstić information content (AvgIpc) is 3.44. The van der Waals surface area contributed by atoms with Gasteiger partial charge in [-0.15, -0.1) is 0 Å². The predicted octanol–water partition coefficient (Wildman–Crippen LogP) is 2.62. The fourth-order valence-electron chi connectivity index (χ4n) is 3.38. The van der Waals surface area contributed by atoms with Crippen molar-refractivity contribution in [3.63, 3.8) is 0 Å². The van der Waals surface area contributed by atoms with Crippen LogP contribution in [0, 0.1) is 0 Å². The number of urea groups is 1. The number of carbonyl (C=O) groups is 2. The van der Waals surface area contributed by atoms with Crippen LogP contribution in [0.4, 0.5) is 4.79 Å². The van der Waals surface area contributed by atoms with Crippen molar-refractivity contribution in [2.75, 3.05) is 32.7 Å². The number of para-hydroxylation sites is 1. The number of nitrogens with one attached hydrogen (secondary N) is 1. The summed E-state index contributed by atoms with van der Waals surface area (Å²) in [5.41, 5.74) is 1.87. The lowest BCUT2D eigenvalue weighted by molar-refractivity contribution is 0.0656. The molecule has 1 aliphatic rings. The lowest BCUT2D eigenvalue weighted by Gasteiger charge is -2.34. The molecule has 1 saturated heterocycles. The average molecular weight is 393 g/mol. The number of carbonyl (C=O) groups excluding carboxylic acids is 2. The van der Waals surface area contributed by atoms with Gasteiger partial charge in [0.1, 0.15) is 11.4 Å². The van der Waals surface area contributed by atoms with Crippen molar-refractivity contribution in [1.29, 1.82) is 0 Å². The molecule has 0 saturated carbocycles. The molecule has 8 nitrogen and oxygen atoms in total. The maximum Gasteiger partial charge on any atom is 0.317 e. The van der Waals surface area contributed by atoms with Gasteiger partial charge in [0.25, 0.3) is 5.91 Å². The molecule has 29 heavy (non-hydrogen) atoms. The van der Waals surface area contributed by atoms with Crippen LogP contribution in [0.1, 0.15) is 17.4 Å². The van der Waals surface area contributed by atoms with E-state index in [1.165, 1.54) is 0 Å². The van der Waals surface area contributed by atoms with Crippen molar-refractivity contribution in [2.24, 2.45) is 0 Å². The zero-order valence-electron chi connectivity index (χ0n) is 16.2. The zero-order chi connectivity index (χ0) is 20.2. The number of piperazine rings is 1. The summed E-state index contributed by atoms with van der Waals surface area (Å²) in [5, 5.41) is 7.41. The Labute approximate surface area is 168 Å². The van der Waals surface area contributed by atoms with Gasteiger partial charge in [-0.2, -0.15) is 5.10 Å². The molecular weight excluding hydrogens is 370 g/mol. The summed E-state index contributed by atoms with van der Waals surface area (Å²) in [6, 6.07) is 14.8. The van der Waals surface area contributed by atoms with Gasteiger partial charge in [-0.05, 0) is 31.2 Å². The number of rotatable bonds is 4. The highest BCUT2D eigenvalue weighted by Crippen LogP contribution is 2.23. The Morgan fingerprint density at radius 1 is 1.03 bits per heavy atom. The molecule has 3 amide bonds. The third-order valence-electron chi connectivity index (χ3n) is 4.88. The highest BCUT2D eigenvalue weighted by atomic mass is 16.3. The third kappa shape index (κ3) is 3.87. The summed E-state index contributed by atoms with van der Waals surface area (Å²) < 4.78 is 7.11. The van der Waals surface area contributed by atoms with Crippen LogP contribution in [0.2, 0.25) is 0 Å². The molecule has 1 aliphatic heterocycles. The Hall–Kier alpha value is -3.55. The summed E-state index contributed by atoms with van der Waals surface area (Å²) in [4.78, 5) is 28.8. The standard InChI is InChI=1S/C21H23N5O3/c1-2-22-21(28)25-12-10-24(11-13-25)20(27)18-15-17(19-9-6-14-29-19)23-26(18)16-7-4-3-5-8-16/h3-9,14-15H,2,10-13H2,1H3,(H,22,28). The van der Waals surface area contributed by atoms with Gasteiger partial charge in [-0.25, -0.2) is 9.48 Å². The van der Waals surface area contributed by atoms with Gasteiger partial charge in [-0.3, -0.25) is 4.79 Å². The van der Waals surface area contributed by atoms with E-state index >= 15 is 0 Å². The molecule has 150 valence electrons. The molecule has 1 fully saturated rings. The quantitative estimate of drug-likeness (QED) is 0.739. The van der Waals surface area contributed by atoms with E-state index in [1.807, 2.05) is 43.3 Å². The van der Waals surface area contributed by atoms with E-state index in [2.05, 4.69) is 10.4 Å². The highest BCUT2D eigenvalue weighted by molar-refractivity contribution is 5.94. The van der Waals surface area contributed by atoms with Crippen LogP contribution >= 0.6 is 0 Å². The van der Waals surface area contributed by atoms with Gasteiger partial charge in [0.05, 0.1) is 12.0 Å². The Bertz CT molecular complexity index is 973. The molecule has 3 aromatic rings. The van der Waals surface area contributed by atoms with Crippen molar-refractivity contribution in [3.8, 4) is 17.1 Å². The molecule has 0 radical (unpaired) electrons. The largest absolute Gasteiger partial charge is 0.463 e. The number of amides is 3. The first-order chi connectivity index (χ1) is 14.2. The molecule has 2 aromatic heterocycles. The van der Waals surface area contributed by atoms with E-state index in [9.17, 15) is 9.59 Å². The topological polar surface area (TPSA) is 83.6 Å². The minimum absolute atomic E-state index is 0.0889. The maximum atomic E-state index is 13.3. The van der Waals surface area contributed by atoms with Gasteiger partial charge in [0.2, 0.25) is 0 Å². The summed E-state index contributed by atoms with van der Waals surface area (Å²) in [6.07, 6.45) is 1.58. The number of nitrogens with zero attached hydrogens (tertiary/aromatic N) is 4. The van der Waals surface area contributed by atoms with E-state index < -0.39 is 0 Å². The minimum Gasteiger partial charge on any atom is -0.463 e. The second-order valence-corrected chi connectivity index (χ2v) is 6.75. The monoisotopic (exact) mass is 393 g/mol. The normalized spacial score (nSPS) is 14.1. The Morgan fingerprint density at radius 3 is 2.41 bits per heavy atom. The molecule has 3 heterocycles. The molecule has 1 N–H and O–H groups in total. The fraction of sp³-hybridized carbons (Fsp3) is 0.286. The first-order valence-corrected chi connectivity index (χ1v) is 9.69. The first kappa shape index (κ1) is 18.8. The lowest BCUT2D eigenvalue weighted by Crippen LogP contribution is -2.53. The lowest BCUT2D eigenvalue weighted by atomic mass is 10.2. The van der Waals surface area contributed by atoms with Gasteiger partial charge in [-0.1, -0.05) is 18.2 Å². The molecular formula is C21H23N5O3. The van der Waals surface area contributed by atoms with Gasteiger partial charge < -0.3 is 19.5 Å². The van der Waals surface area contributed by atoms with Crippen LogP contribution in [-0.4, -0.2) is 64.2 Å². The number of aromatic nitrogens is 2. The van der Waals surface area contributed by atoms with Gasteiger partial charge in [0, 0.05) is 38.8 Å². The molecule has 0 bridgehead atoms. The minimum atomic E-state index is -0.116. The molecule has 1 aromatic carbocycles. The Kier molecular flexibility index (Phi) is 5.33. The Balaban J connectivity index is 1.59. The van der Waals surface area contributed by atoms with Crippen LogP contribution < -0.4 is 5.32 Å². The second-order valence-electron chi connectivity index (χ2n) is 6.75. The summed E-state index contributed by atoms with van der Waals surface area (Å²) >= 11 is 0. The molecule has 8 heteroatoms. The number of benzene rings is 1. The summed E-state index contributed by atoms with van der Waals surface area (Å²) in [6.45, 7) is 4.44. The molecule has 0 atom stereocenters. The number of hydrogen-bond donors (Lipinski definition) is 1. The van der Waals surface area contributed by atoms with Gasteiger partial charge >= 0.3 is 6.03 Å². The van der Waals surface area contributed by atoms with Crippen molar-refractivity contribution in [2.45, 2.75) is 6.92 Å². The van der Waals surface area contributed by atoms with Crippen molar-refractivity contribution in [1.82, 2.24) is 24.9 Å². The zero-order valence-corrected chi connectivity index (χ0v) is 16.2. The summed E-state index contributed by atoms with van der Waals surface area (Å²) in [7, 11) is 0. The first-order valence-electron chi connectivity index (χ1n) is 9.69. The van der Waals surface area contributed by atoms with E-state index in [1.54, 1.807) is 32.9 Å². The van der Waals surface area contributed by atoms with E-state index in [4.69, 9.17) is 4.42 Å². The van der Waals surface area contributed by atoms with Crippen LogP contribution in [0.15, 0.2) is 59.2 Å². The highest BCUT2D eigenvalue weighted by Gasteiger charge is 2.28. The maximum absolute atomic E-state index is 13.3. The van der Waals surface area contributed by atoms with E-state index in [0.717, 1.165) is 5.69 Å². The Morgan fingerprint density at radius 2 is 1.76 bits per heavy atom. The van der Waals surface area contributed by atoms with Crippen LogP contribution in [0.5, 0.6) is 0 Å². The van der Waals surface area contributed by atoms with Crippen LogP contribution in [0.3, 0.4) is 0 Å². The van der Waals surface area contributed by atoms with Crippen molar-refractivity contribution >= 4 is 11.9 Å². The van der Waals surface area contributed by atoms with E-state index in [-0.39, 0.29) is 11.9 Å². The molecule has 4 rings (SSSR count). The SMILES string of the molecule is CCNC(=O)N1CCN(C(=O)c2cc(-c3ccco3)nn2-c2ccccc2)CC1. The van der Waals surface area contributed by atoms with Crippen molar-refractivity contribution in [3.05, 3.63) is 60.5 Å². The number of furan rings is 1. The summed E-state index contributed by atoms with van der Waals surface area (Å²) in [5.74, 6) is 0.490. The predicted molar refractivity (Wildman–Crippen MR) is 108 cm³/mol. The molecule has 0 aliphatic carbocycles. The van der Waals surface area contributed by atoms with E-state index in [0.29, 0.717) is 49.9 Å². The molecule has 0 spiro atoms. The molecule has 0 unspecified atom stereocenters. The van der Waals surface area contributed by atoms with Gasteiger partial charge in [0.15, 0.2) is 5.76 Å². The van der Waals surface area contributed by atoms with Crippen molar-refractivity contribution < 1.29 is 14.0 Å². The van der Waals surface area contributed by atoms with Crippen LogP contribution in [-0.2, 0) is 0 Å². The number of hydrogen-bond acceptors (Lipinski definition) is 4. The smallest absolute Gasteiger partial charge is 0.317 e.